The van der Waals surface area contributed by atoms with Crippen LogP contribution in [0, 0.1) is 0 Å². The SMILES string of the molecule is COc1cc(CN(C(=S)NC(=O)c2c(OC)cccc2OC)C2CCCCC2)ccc1OCC(N)=O. The van der Waals surface area contributed by atoms with Crippen molar-refractivity contribution in [1.82, 2.24) is 10.2 Å². The van der Waals surface area contributed by atoms with E-state index in [0.29, 0.717) is 34.7 Å². The van der Waals surface area contributed by atoms with E-state index in [4.69, 9.17) is 36.9 Å². The Kier molecular flexibility index (Phi) is 9.75. The minimum absolute atomic E-state index is 0.183. The number of rotatable bonds is 10. The van der Waals surface area contributed by atoms with Crippen molar-refractivity contribution in [3.05, 3.63) is 47.5 Å². The molecule has 9 nitrogen and oxygen atoms in total. The Labute approximate surface area is 216 Å². The fourth-order valence-electron chi connectivity index (χ4n) is 4.34. The van der Waals surface area contributed by atoms with Gasteiger partial charge in [0.25, 0.3) is 11.8 Å². The van der Waals surface area contributed by atoms with E-state index in [1.807, 2.05) is 17.0 Å². The number of carbonyl (C=O) groups excluding carboxylic acids is 2. The summed E-state index contributed by atoms with van der Waals surface area (Å²) in [4.78, 5) is 26.4. The molecular formula is C26H33N3O6S. The summed E-state index contributed by atoms with van der Waals surface area (Å²) in [5.74, 6) is 0.722. The summed E-state index contributed by atoms with van der Waals surface area (Å²) in [6, 6.07) is 10.8. The molecule has 1 saturated carbocycles. The summed E-state index contributed by atoms with van der Waals surface area (Å²) < 4.78 is 21.7. The first-order chi connectivity index (χ1) is 17.4. The Balaban J connectivity index is 1.84. The van der Waals surface area contributed by atoms with Crippen molar-refractivity contribution < 1.29 is 28.5 Å². The molecule has 1 aliphatic carbocycles. The van der Waals surface area contributed by atoms with E-state index in [0.717, 1.165) is 31.2 Å². The zero-order valence-corrected chi connectivity index (χ0v) is 21.7. The molecule has 0 aromatic heterocycles. The molecule has 0 bridgehead atoms. The minimum atomic E-state index is -0.572. The number of methoxy groups -OCH3 is 3. The lowest BCUT2D eigenvalue weighted by atomic mass is 9.94. The predicted molar refractivity (Wildman–Crippen MR) is 140 cm³/mol. The van der Waals surface area contributed by atoms with E-state index in [9.17, 15) is 9.59 Å². The summed E-state index contributed by atoms with van der Waals surface area (Å²) in [7, 11) is 4.53. The van der Waals surface area contributed by atoms with Crippen molar-refractivity contribution in [1.29, 1.82) is 0 Å². The lowest BCUT2D eigenvalue weighted by Gasteiger charge is -2.36. The highest BCUT2D eigenvalue weighted by atomic mass is 32.1. The van der Waals surface area contributed by atoms with Gasteiger partial charge in [0, 0.05) is 12.6 Å². The Morgan fingerprint density at radius 3 is 2.19 bits per heavy atom. The van der Waals surface area contributed by atoms with Crippen LogP contribution >= 0.6 is 12.2 Å². The highest BCUT2D eigenvalue weighted by Gasteiger charge is 2.27. The molecule has 0 radical (unpaired) electrons. The molecule has 0 aliphatic heterocycles. The van der Waals surface area contributed by atoms with Crippen LogP contribution in [0.4, 0.5) is 0 Å². The number of benzene rings is 2. The first-order valence-electron chi connectivity index (χ1n) is 11.8. The molecular weight excluding hydrogens is 482 g/mol. The van der Waals surface area contributed by atoms with E-state index in [2.05, 4.69) is 5.32 Å². The van der Waals surface area contributed by atoms with Crippen LogP contribution in [0.2, 0.25) is 0 Å². The van der Waals surface area contributed by atoms with Crippen molar-refractivity contribution in [2.24, 2.45) is 5.73 Å². The van der Waals surface area contributed by atoms with Crippen molar-refractivity contribution in [2.75, 3.05) is 27.9 Å². The summed E-state index contributed by atoms with van der Waals surface area (Å²) in [6.45, 7) is 0.214. The predicted octanol–water partition coefficient (Wildman–Crippen LogP) is 3.43. The van der Waals surface area contributed by atoms with Crippen LogP contribution in [0.15, 0.2) is 36.4 Å². The third kappa shape index (κ3) is 6.78. The quantitative estimate of drug-likeness (QED) is 0.463. The van der Waals surface area contributed by atoms with Gasteiger partial charge in [-0.2, -0.15) is 0 Å². The van der Waals surface area contributed by atoms with Gasteiger partial charge in [0.2, 0.25) is 0 Å². The smallest absolute Gasteiger partial charge is 0.264 e. The molecule has 2 amide bonds. The Morgan fingerprint density at radius 2 is 1.61 bits per heavy atom. The average Bonchev–Trinajstić information content (AvgIpc) is 2.90. The van der Waals surface area contributed by atoms with Crippen molar-refractivity contribution in [3.63, 3.8) is 0 Å². The maximum Gasteiger partial charge on any atom is 0.264 e. The molecule has 3 N–H and O–H groups in total. The van der Waals surface area contributed by atoms with Gasteiger partial charge in [-0.05, 0) is 54.9 Å². The Hall–Kier alpha value is -3.53. The van der Waals surface area contributed by atoms with Crippen LogP contribution in [0.5, 0.6) is 23.0 Å². The molecule has 1 fully saturated rings. The van der Waals surface area contributed by atoms with E-state index < -0.39 is 11.8 Å². The molecule has 2 aromatic rings. The third-order valence-corrected chi connectivity index (χ3v) is 6.44. The van der Waals surface area contributed by atoms with Crippen LogP contribution < -0.4 is 30.0 Å². The normalized spacial score (nSPS) is 13.4. The molecule has 2 aromatic carbocycles. The summed E-state index contributed by atoms with van der Waals surface area (Å²) >= 11 is 5.75. The van der Waals surface area contributed by atoms with E-state index >= 15 is 0 Å². The first-order valence-corrected chi connectivity index (χ1v) is 12.2. The van der Waals surface area contributed by atoms with Crippen molar-refractivity contribution >= 4 is 29.1 Å². The molecule has 0 spiro atoms. The highest BCUT2D eigenvalue weighted by molar-refractivity contribution is 7.80. The van der Waals surface area contributed by atoms with Gasteiger partial charge in [-0.25, -0.2) is 0 Å². The lowest BCUT2D eigenvalue weighted by molar-refractivity contribution is -0.119. The Morgan fingerprint density at radius 1 is 0.972 bits per heavy atom. The second kappa shape index (κ2) is 13.0. The van der Waals surface area contributed by atoms with Crippen molar-refractivity contribution in [3.8, 4) is 23.0 Å². The minimum Gasteiger partial charge on any atom is -0.496 e. The van der Waals surface area contributed by atoms with Gasteiger partial charge in [-0.1, -0.05) is 31.4 Å². The van der Waals surface area contributed by atoms with Crippen LogP contribution in [-0.2, 0) is 11.3 Å². The van der Waals surface area contributed by atoms with E-state index in [-0.39, 0.29) is 18.2 Å². The highest BCUT2D eigenvalue weighted by Crippen LogP contribution is 2.31. The molecule has 0 saturated heterocycles. The van der Waals surface area contributed by atoms with Gasteiger partial charge in [0.1, 0.15) is 17.1 Å². The number of hydrogen-bond acceptors (Lipinski definition) is 7. The number of amides is 2. The maximum atomic E-state index is 13.3. The number of nitrogens with two attached hydrogens (primary N) is 1. The fourth-order valence-corrected chi connectivity index (χ4v) is 4.65. The van der Waals surface area contributed by atoms with Crippen molar-refractivity contribution in [2.45, 2.75) is 44.7 Å². The van der Waals surface area contributed by atoms with E-state index in [1.54, 1.807) is 24.3 Å². The molecule has 1 aliphatic rings. The molecule has 3 rings (SSSR count). The van der Waals surface area contributed by atoms with Crippen LogP contribution in [0.1, 0.15) is 48.0 Å². The van der Waals surface area contributed by atoms with E-state index in [1.165, 1.54) is 27.8 Å². The molecule has 0 atom stereocenters. The number of hydrogen-bond donors (Lipinski definition) is 2. The zero-order valence-electron chi connectivity index (χ0n) is 20.9. The first kappa shape index (κ1) is 27.1. The number of ether oxygens (including phenoxy) is 4. The van der Waals surface area contributed by atoms with Gasteiger partial charge < -0.3 is 29.6 Å². The van der Waals surface area contributed by atoms with Gasteiger partial charge >= 0.3 is 0 Å². The number of nitrogens with one attached hydrogen (secondary N) is 1. The number of carbonyl (C=O) groups is 2. The van der Waals surface area contributed by atoms with Crippen LogP contribution in [0.3, 0.4) is 0 Å². The van der Waals surface area contributed by atoms with Gasteiger partial charge in [0.05, 0.1) is 21.3 Å². The lowest BCUT2D eigenvalue weighted by Crippen LogP contribution is -2.48. The average molecular weight is 516 g/mol. The standard InChI is InChI=1S/C26H33N3O6S/c1-32-20-10-7-11-21(33-2)24(20)25(31)28-26(36)29(18-8-5-4-6-9-18)15-17-12-13-19(22(14-17)34-3)35-16-23(27)30/h7,10-14,18H,4-6,8-9,15-16H2,1-3H3,(H2,27,30)(H,28,31,36). The summed E-state index contributed by atoms with van der Waals surface area (Å²) in [5, 5.41) is 3.21. The molecule has 194 valence electrons. The molecule has 10 heteroatoms. The van der Waals surface area contributed by atoms with Gasteiger partial charge in [0.15, 0.2) is 23.2 Å². The van der Waals surface area contributed by atoms with Gasteiger partial charge in [-0.3, -0.25) is 14.9 Å². The van der Waals surface area contributed by atoms with Crippen LogP contribution in [0.25, 0.3) is 0 Å². The third-order valence-electron chi connectivity index (χ3n) is 6.10. The van der Waals surface area contributed by atoms with Gasteiger partial charge in [-0.15, -0.1) is 0 Å². The monoisotopic (exact) mass is 515 g/mol. The second-order valence-corrected chi connectivity index (χ2v) is 8.84. The largest absolute Gasteiger partial charge is 0.496 e. The second-order valence-electron chi connectivity index (χ2n) is 8.46. The zero-order chi connectivity index (χ0) is 26.1. The maximum absolute atomic E-state index is 13.3. The number of nitrogens with zero attached hydrogens (tertiary/aromatic N) is 1. The molecule has 36 heavy (non-hydrogen) atoms. The number of primary amides is 1. The number of thiocarbonyl (C=S) groups is 1. The van der Waals surface area contributed by atoms with Crippen LogP contribution in [-0.4, -0.2) is 55.8 Å². The summed E-state index contributed by atoms with van der Waals surface area (Å²) in [5.41, 5.74) is 6.38. The topological polar surface area (TPSA) is 112 Å². The summed E-state index contributed by atoms with van der Waals surface area (Å²) in [6.07, 6.45) is 5.33. The molecule has 0 heterocycles. The fraction of sp³-hybridized carbons (Fsp3) is 0.423. The molecule has 0 unspecified atom stereocenters. The Bertz CT molecular complexity index is 1070.